The Balaban J connectivity index is 1.79. The fraction of sp³-hybridized carbons (Fsp3) is 0.308. The molecule has 3 aromatic heterocycles. The molecule has 4 aromatic rings. The summed E-state index contributed by atoms with van der Waals surface area (Å²) >= 11 is 0. The van der Waals surface area contributed by atoms with Gasteiger partial charge in [-0.15, -0.1) is 5.10 Å². The molecule has 1 aromatic carbocycles. The van der Waals surface area contributed by atoms with Gasteiger partial charge in [0.15, 0.2) is 5.82 Å². The zero-order valence-corrected chi connectivity index (χ0v) is 20.3. The Hall–Kier alpha value is -3.85. The number of aryl methyl sites for hydroxylation is 1. The number of halogens is 1. The number of rotatable bonds is 6. The Morgan fingerprint density at radius 1 is 1.17 bits per heavy atom. The van der Waals surface area contributed by atoms with Gasteiger partial charge in [0.25, 0.3) is 11.5 Å². The lowest BCUT2D eigenvalue weighted by Gasteiger charge is -2.30. The standard InChI is InChI=1S/C26H28FN5O3/c1-14(2)20-19(24(33)29-22(26(4,5)35)16-8-10-18(27)11-9-16)13-32-21(20)25(34)30-23(31-32)17-7-6-15(3)28-12-17/h6-14,22,35H,1-5H3,(H,29,33)(H,30,31,34). The molecule has 3 N–H and O–H groups in total. The number of H-pyrrole nitrogens is 1. The number of nitrogens with zero attached hydrogens (tertiary/aromatic N) is 3. The van der Waals surface area contributed by atoms with E-state index in [0.29, 0.717) is 22.5 Å². The van der Waals surface area contributed by atoms with Crippen molar-refractivity contribution in [2.75, 3.05) is 0 Å². The van der Waals surface area contributed by atoms with E-state index in [1.807, 2.05) is 32.9 Å². The van der Waals surface area contributed by atoms with Crippen LogP contribution in [0.2, 0.25) is 0 Å². The SMILES string of the molecule is Cc1ccc(-c2nn3cc(C(=O)NC(c4ccc(F)cc4)C(C)(C)O)c(C(C)C)c3c(=O)[nH]2)cn1. The molecule has 1 amide bonds. The molecule has 1 atom stereocenters. The van der Waals surface area contributed by atoms with Crippen molar-refractivity contribution in [3.63, 3.8) is 0 Å². The number of aromatic amines is 1. The van der Waals surface area contributed by atoms with Gasteiger partial charge in [0.05, 0.1) is 17.2 Å². The average Bonchev–Trinajstić information content (AvgIpc) is 3.18. The van der Waals surface area contributed by atoms with Gasteiger partial charge >= 0.3 is 0 Å². The van der Waals surface area contributed by atoms with E-state index in [-0.39, 0.29) is 22.6 Å². The minimum Gasteiger partial charge on any atom is -0.388 e. The number of aliphatic hydroxyl groups is 1. The fourth-order valence-corrected chi connectivity index (χ4v) is 4.15. The third-order valence-electron chi connectivity index (χ3n) is 5.87. The van der Waals surface area contributed by atoms with Gasteiger partial charge in [-0.1, -0.05) is 26.0 Å². The van der Waals surface area contributed by atoms with Crippen molar-refractivity contribution >= 4 is 11.4 Å². The van der Waals surface area contributed by atoms with E-state index in [4.69, 9.17) is 0 Å². The van der Waals surface area contributed by atoms with Crippen molar-refractivity contribution in [2.24, 2.45) is 0 Å². The fourth-order valence-electron chi connectivity index (χ4n) is 4.15. The molecule has 3 heterocycles. The molecule has 0 fully saturated rings. The van der Waals surface area contributed by atoms with Crippen LogP contribution in [-0.2, 0) is 0 Å². The summed E-state index contributed by atoms with van der Waals surface area (Å²) in [7, 11) is 0. The second-order valence-corrected chi connectivity index (χ2v) is 9.51. The van der Waals surface area contributed by atoms with Gasteiger partial charge in [0.2, 0.25) is 0 Å². The summed E-state index contributed by atoms with van der Waals surface area (Å²) in [4.78, 5) is 33.6. The molecule has 0 aliphatic rings. The highest BCUT2D eigenvalue weighted by Crippen LogP contribution is 2.29. The summed E-state index contributed by atoms with van der Waals surface area (Å²) in [5.41, 5.74) is 1.39. The van der Waals surface area contributed by atoms with E-state index in [1.165, 1.54) is 35.0 Å². The number of carbonyl (C=O) groups is 1. The third kappa shape index (κ3) is 4.85. The first-order valence-corrected chi connectivity index (χ1v) is 11.3. The number of fused-ring (bicyclic) bond motifs is 1. The lowest BCUT2D eigenvalue weighted by Crippen LogP contribution is -2.42. The molecule has 9 heteroatoms. The maximum Gasteiger partial charge on any atom is 0.275 e. The Morgan fingerprint density at radius 3 is 2.43 bits per heavy atom. The first-order chi connectivity index (χ1) is 16.5. The summed E-state index contributed by atoms with van der Waals surface area (Å²) in [6, 6.07) is 8.40. The van der Waals surface area contributed by atoms with Crippen LogP contribution in [0.5, 0.6) is 0 Å². The van der Waals surface area contributed by atoms with Crippen molar-refractivity contribution in [1.29, 1.82) is 0 Å². The van der Waals surface area contributed by atoms with E-state index >= 15 is 0 Å². The molecule has 4 rings (SSSR count). The second-order valence-electron chi connectivity index (χ2n) is 9.51. The van der Waals surface area contributed by atoms with Crippen LogP contribution in [0.3, 0.4) is 0 Å². The van der Waals surface area contributed by atoms with Crippen molar-refractivity contribution < 1.29 is 14.3 Å². The lowest BCUT2D eigenvalue weighted by atomic mass is 9.91. The van der Waals surface area contributed by atoms with Gasteiger partial charge in [-0.2, -0.15) is 0 Å². The van der Waals surface area contributed by atoms with Gasteiger partial charge in [-0.3, -0.25) is 14.6 Å². The van der Waals surface area contributed by atoms with Crippen LogP contribution < -0.4 is 10.9 Å². The number of amides is 1. The van der Waals surface area contributed by atoms with Crippen LogP contribution in [0.15, 0.2) is 53.6 Å². The first-order valence-electron chi connectivity index (χ1n) is 11.3. The van der Waals surface area contributed by atoms with E-state index in [9.17, 15) is 19.1 Å². The van der Waals surface area contributed by atoms with Gasteiger partial charge in [-0.25, -0.2) is 8.91 Å². The van der Waals surface area contributed by atoms with Crippen LogP contribution in [0, 0.1) is 12.7 Å². The molecule has 35 heavy (non-hydrogen) atoms. The van der Waals surface area contributed by atoms with Crippen molar-refractivity contribution in [2.45, 2.75) is 52.2 Å². The third-order valence-corrected chi connectivity index (χ3v) is 5.87. The number of carbonyl (C=O) groups excluding carboxylic acids is 1. The number of hydrogen-bond acceptors (Lipinski definition) is 5. The average molecular weight is 478 g/mol. The molecule has 0 aliphatic heterocycles. The summed E-state index contributed by atoms with van der Waals surface area (Å²) < 4.78 is 14.9. The normalized spacial score (nSPS) is 12.8. The smallest absolute Gasteiger partial charge is 0.275 e. The van der Waals surface area contributed by atoms with E-state index in [1.54, 1.807) is 20.0 Å². The van der Waals surface area contributed by atoms with Crippen LogP contribution in [0.1, 0.15) is 66.8 Å². The highest BCUT2D eigenvalue weighted by molar-refractivity contribution is 5.98. The van der Waals surface area contributed by atoms with Gasteiger partial charge in [0, 0.05) is 29.2 Å². The summed E-state index contributed by atoms with van der Waals surface area (Å²) in [6.45, 7) is 8.76. The molecule has 0 bridgehead atoms. The van der Waals surface area contributed by atoms with Crippen molar-refractivity contribution in [1.82, 2.24) is 24.9 Å². The topological polar surface area (TPSA) is 112 Å². The first kappa shape index (κ1) is 24.3. The Morgan fingerprint density at radius 2 is 1.86 bits per heavy atom. The molecule has 1 unspecified atom stereocenters. The zero-order valence-electron chi connectivity index (χ0n) is 20.3. The number of benzene rings is 1. The Bertz CT molecular complexity index is 1430. The summed E-state index contributed by atoms with van der Waals surface area (Å²) in [6.07, 6.45) is 3.14. The van der Waals surface area contributed by atoms with E-state index in [2.05, 4.69) is 20.4 Å². The molecule has 0 saturated heterocycles. The zero-order chi connectivity index (χ0) is 25.5. The lowest BCUT2D eigenvalue weighted by molar-refractivity contribution is 0.0343. The van der Waals surface area contributed by atoms with E-state index < -0.39 is 23.4 Å². The van der Waals surface area contributed by atoms with Crippen LogP contribution in [0.4, 0.5) is 4.39 Å². The molecule has 182 valence electrons. The summed E-state index contributed by atoms with van der Waals surface area (Å²) in [5, 5.41) is 18.1. The molecule has 0 saturated carbocycles. The molecule has 0 radical (unpaired) electrons. The second kappa shape index (κ2) is 9.07. The van der Waals surface area contributed by atoms with Crippen LogP contribution in [-0.4, -0.2) is 36.2 Å². The number of hydrogen-bond donors (Lipinski definition) is 3. The number of aromatic nitrogens is 4. The predicted molar refractivity (Wildman–Crippen MR) is 131 cm³/mol. The summed E-state index contributed by atoms with van der Waals surface area (Å²) in [5.74, 6) is -0.733. The molecule has 0 spiro atoms. The van der Waals surface area contributed by atoms with E-state index in [0.717, 1.165) is 5.69 Å². The highest BCUT2D eigenvalue weighted by atomic mass is 19.1. The van der Waals surface area contributed by atoms with Crippen LogP contribution in [0.25, 0.3) is 16.9 Å². The maximum atomic E-state index is 13.5. The van der Waals surface area contributed by atoms with Crippen molar-refractivity contribution in [3.8, 4) is 11.4 Å². The minimum atomic E-state index is -1.34. The largest absolute Gasteiger partial charge is 0.388 e. The predicted octanol–water partition coefficient (Wildman–Crippen LogP) is 3.90. The number of pyridine rings is 1. The molecule has 0 aliphatic carbocycles. The molecular weight excluding hydrogens is 449 g/mol. The van der Waals surface area contributed by atoms with Crippen molar-refractivity contribution in [3.05, 3.63) is 87.3 Å². The maximum absolute atomic E-state index is 13.5. The quantitative estimate of drug-likeness (QED) is 0.390. The van der Waals surface area contributed by atoms with Gasteiger partial charge in [0.1, 0.15) is 11.3 Å². The minimum absolute atomic E-state index is 0.165. The van der Waals surface area contributed by atoms with Crippen LogP contribution >= 0.6 is 0 Å². The highest BCUT2D eigenvalue weighted by Gasteiger charge is 2.32. The molecular formula is C26H28FN5O3. The molecule has 8 nitrogen and oxygen atoms in total. The van der Waals surface area contributed by atoms with Gasteiger partial charge < -0.3 is 15.4 Å². The number of nitrogens with one attached hydrogen (secondary N) is 2. The Labute approximate surface area is 201 Å². The van der Waals surface area contributed by atoms with Gasteiger partial charge in [-0.05, 0) is 56.5 Å². The monoisotopic (exact) mass is 477 g/mol. The Kier molecular flexibility index (Phi) is 6.29.